The van der Waals surface area contributed by atoms with Crippen molar-refractivity contribution in [1.82, 2.24) is 15.1 Å². The van der Waals surface area contributed by atoms with Crippen molar-refractivity contribution in [1.29, 1.82) is 0 Å². The zero-order valence-corrected chi connectivity index (χ0v) is 19.6. The number of anilines is 1. The summed E-state index contributed by atoms with van der Waals surface area (Å²) in [5.41, 5.74) is 2.52. The Balaban J connectivity index is 1.95. The molecule has 0 radical (unpaired) electrons. The molecule has 33 heavy (non-hydrogen) atoms. The number of benzene rings is 2. The van der Waals surface area contributed by atoms with Crippen molar-refractivity contribution in [2.45, 2.75) is 46.6 Å². The molecule has 3 aromatic rings. The summed E-state index contributed by atoms with van der Waals surface area (Å²) in [5, 5.41) is 7.78. The Kier molecular flexibility index (Phi) is 5.82. The molecule has 2 heterocycles. The molecule has 1 N–H and O–H groups in total. The molecule has 0 saturated heterocycles. The standard InChI is InChI=1S/C26H29FN4O2/c1-6-30-23-20(16(2)29-31(23)19-10-8-7-9-11-19)21(17-12-14-18(27)15-13-17)22(24(30)32)28-25(33)26(3,4)5/h7-15,21-22H,6H2,1-5H3,(H,28,33)/t21-,22-/m0/s1. The summed E-state index contributed by atoms with van der Waals surface area (Å²) in [6, 6.07) is 14.9. The molecule has 1 aromatic heterocycles. The minimum atomic E-state index is -0.832. The van der Waals surface area contributed by atoms with Crippen LogP contribution in [-0.2, 0) is 9.59 Å². The van der Waals surface area contributed by atoms with Gasteiger partial charge in [0, 0.05) is 23.4 Å². The summed E-state index contributed by atoms with van der Waals surface area (Å²) in [5.74, 6) is -0.612. The number of likely N-dealkylation sites (N-methyl/N-ethyl adjacent to an activating group) is 1. The molecule has 0 aliphatic carbocycles. The van der Waals surface area contributed by atoms with E-state index >= 15 is 0 Å². The third-order valence-electron chi connectivity index (χ3n) is 6.03. The number of nitrogens with one attached hydrogen (secondary N) is 1. The van der Waals surface area contributed by atoms with Crippen LogP contribution in [0.4, 0.5) is 10.2 Å². The van der Waals surface area contributed by atoms with E-state index in [2.05, 4.69) is 5.32 Å². The second-order valence-corrected chi connectivity index (χ2v) is 9.38. The number of carbonyl (C=O) groups excluding carboxylic acids is 2. The molecule has 0 fully saturated rings. The lowest BCUT2D eigenvalue weighted by Gasteiger charge is -2.39. The number of aryl methyl sites for hydroxylation is 1. The number of halogens is 1. The Hall–Kier alpha value is -3.48. The molecule has 172 valence electrons. The smallest absolute Gasteiger partial charge is 0.251 e. The molecule has 6 nitrogen and oxygen atoms in total. The van der Waals surface area contributed by atoms with E-state index in [0.717, 1.165) is 22.5 Å². The van der Waals surface area contributed by atoms with Crippen LogP contribution in [0, 0.1) is 18.2 Å². The first-order valence-electron chi connectivity index (χ1n) is 11.2. The molecule has 0 unspecified atom stereocenters. The van der Waals surface area contributed by atoms with Crippen molar-refractivity contribution < 1.29 is 14.0 Å². The summed E-state index contributed by atoms with van der Waals surface area (Å²) in [4.78, 5) is 28.5. The highest BCUT2D eigenvalue weighted by atomic mass is 19.1. The first-order valence-corrected chi connectivity index (χ1v) is 11.2. The van der Waals surface area contributed by atoms with E-state index in [-0.39, 0.29) is 17.6 Å². The molecule has 0 spiro atoms. The molecular weight excluding hydrogens is 419 g/mol. The lowest BCUT2D eigenvalue weighted by molar-refractivity contribution is -0.133. The average Bonchev–Trinajstić information content (AvgIpc) is 3.12. The minimum Gasteiger partial charge on any atom is -0.343 e. The maximum Gasteiger partial charge on any atom is 0.251 e. The van der Waals surface area contributed by atoms with Gasteiger partial charge in [-0.05, 0) is 43.7 Å². The number of fused-ring (bicyclic) bond motifs is 1. The summed E-state index contributed by atoms with van der Waals surface area (Å²) in [6.07, 6.45) is 0. The quantitative estimate of drug-likeness (QED) is 0.645. The van der Waals surface area contributed by atoms with Crippen molar-refractivity contribution in [3.8, 4) is 5.69 Å². The summed E-state index contributed by atoms with van der Waals surface area (Å²) >= 11 is 0. The van der Waals surface area contributed by atoms with Crippen LogP contribution in [-0.4, -0.2) is 34.2 Å². The number of aromatic nitrogens is 2. The molecule has 7 heteroatoms. The summed E-state index contributed by atoms with van der Waals surface area (Å²) in [7, 11) is 0. The fraction of sp³-hybridized carbons (Fsp3) is 0.346. The van der Waals surface area contributed by atoms with Crippen LogP contribution in [0.2, 0.25) is 0 Å². The molecule has 1 aliphatic heterocycles. The van der Waals surface area contributed by atoms with Crippen LogP contribution < -0.4 is 10.2 Å². The Morgan fingerprint density at radius 1 is 1.09 bits per heavy atom. The number of nitrogens with zero attached hydrogens (tertiary/aromatic N) is 3. The zero-order valence-electron chi connectivity index (χ0n) is 19.6. The predicted octanol–water partition coefficient (Wildman–Crippen LogP) is 4.35. The van der Waals surface area contributed by atoms with Crippen molar-refractivity contribution in [3.05, 3.63) is 77.2 Å². The maximum atomic E-state index is 13.8. The van der Waals surface area contributed by atoms with Crippen LogP contribution in [0.1, 0.15) is 50.4 Å². The average molecular weight is 449 g/mol. The molecule has 1 aliphatic rings. The molecule has 2 amide bonds. The SMILES string of the molecule is CCN1C(=O)[C@@H](NC(=O)C(C)(C)C)[C@@H](c2ccc(F)cc2)c2c(C)nn(-c3ccccc3)c21. The van der Waals surface area contributed by atoms with E-state index in [1.807, 2.05) is 65.0 Å². The third-order valence-corrected chi connectivity index (χ3v) is 6.03. The fourth-order valence-corrected chi connectivity index (χ4v) is 4.32. The monoisotopic (exact) mass is 448 g/mol. The lowest BCUT2D eigenvalue weighted by atomic mass is 9.80. The largest absolute Gasteiger partial charge is 0.343 e. The summed E-state index contributed by atoms with van der Waals surface area (Å²) < 4.78 is 15.5. The van der Waals surface area contributed by atoms with E-state index in [9.17, 15) is 14.0 Å². The van der Waals surface area contributed by atoms with Crippen molar-refractivity contribution in [3.63, 3.8) is 0 Å². The van der Waals surface area contributed by atoms with Gasteiger partial charge in [-0.25, -0.2) is 9.07 Å². The van der Waals surface area contributed by atoms with Gasteiger partial charge in [0.2, 0.25) is 5.91 Å². The van der Waals surface area contributed by atoms with E-state index in [1.165, 1.54) is 12.1 Å². The lowest BCUT2D eigenvalue weighted by Crippen LogP contribution is -2.57. The Bertz CT molecular complexity index is 1180. The molecule has 2 aromatic carbocycles. The van der Waals surface area contributed by atoms with E-state index < -0.39 is 17.4 Å². The second-order valence-electron chi connectivity index (χ2n) is 9.38. The number of hydrogen-bond acceptors (Lipinski definition) is 3. The van der Waals surface area contributed by atoms with Crippen LogP contribution >= 0.6 is 0 Å². The third kappa shape index (κ3) is 4.03. The molecule has 0 bridgehead atoms. The van der Waals surface area contributed by atoms with Crippen molar-refractivity contribution in [2.24, 2.45) is 5.41 Å². The van der Waals surface area contributed by atoms with E-state index in [1.54, 1.807) is 21.7 Å². The molecule has 2 atom stereocenters. The van der Waals surface area contributed by atoms with Crippen LogP contribution in [0.25, 0.3) is 5.69 Å². The zero-order chi connectivity index (χ0) is 23.9. The maximum absolute atomic E-state index is 13.8. The minimum absolute atomic E-state index is 0.214. The Morgan fingerprint density at radius 2 is 1.73 bits per heavy atom. The number of carbonyl (C=O) groups is 2. The highest BCUT2D eigenvalue weighted by Gasteiger charge is 2.46. The number of para-hydroxylation sites is 1. The first kappa shape index (κ1) is 22.7. The van der Waals surface area contributed by atoms with Gasteiger partial charge in [-0.2, -0.15) is 5.10 Å². The Labute approximate surface area is 193 Å². The van der Waals surface area contributed by atoms with Gasteiger partial charge in [-0.15, -0.1) is 0 Å². The topological polar surface area (TPSA) is 67.2 Å². The van der Waals surface area contributed by atoms with Crippen molar-refractivity contribution in [2.75, 3.05) is 11.4 Å². The van der Waals surface area contributed by atoms with Gasteiger partial charge in [-0.1, -0.05) is 51.1 Å². The van der Waals surface area contributed by atoms with Gasteiger partial charge >= 0.3 is 0 Å². The fourth-order valence-electron chi connectivity index (χ4n) is 4.32. The van der Waals surface area contributed by atoms with Gasteiger partial charge in [0.1, 0.15) is 17.7 Å². The molecule has 4 rings (SSSR count). The van der Waals surface area contributed by atoms with Crippen molar-refractivity contribution >= 4 is 17.6 Å². The first-order chi connectivity index (χ1) is 15.6. The predicted molar refractivity (Wildman–Crippen MR) is 126 cm³/mol. The highest BCUT2D eigenvalue weighted by molar-refractivity contribution is 6.03. The van der Waals surface area contributed by atoms with Crippen LogP contribution in [0.5, 0.6) is 0 Å². The molecule has 0 saturated carbocycles. The van der Waals surface area contributed by atoms with Gasteiger partial charge < -0.3 is 5.32 Å². The Morgan fingerprint density at radius 3 is 2.30 bits per heavy atom. The van der Waals surface area contributed by atoms with Gasteiger partial charge in [0.05, 0.1) is 11.4 Å². The van der Waals surface area contributed by atoms with Gasteiger partial charge in [-0.3, -0.25) is 14.5 Å². The number of rotatable bonds is 4. The second kappa shape index (κ2) is 8.46. The number of hydrogen-bond donors (Lipinski definition) is 1. The molecular formula is C26H29FN4O2. The summed E-state index contributed by atoms with van der Waals surface area (Å²) in [6.45, 7) is 9.65. The normalized spacial score (nSPS) is 18.2. The van der Waals surface area contributed by atoms with Gasteiger partial charge in [0.15, 0.2) is 0 Å². The van der Waals surface area contributed by atoms with Crippen LogP contribution in [0.15, 0.2) is 54.6 Å². The number of amides is 2. The van der Waals surface area contributed by atoms with Crippen LogP contribution in [0.3, 0.4) is 0 Å². The van der Waals surface area contributed by atoms with E-state index in [0.29, 0.717) is 12.4 Å². The van der Waals surface area contributed by atoms with E-state index in [4.69, 9.17) is 5.10 Å². The highest BCUT2D eigenvalue weighted by Crippen LogP contribution is 2.43. The van der Waals surface area contributed by atoms with Gasteiger partial charge in [0.25, 0.3) is 5.91 Å².